The zero-order chi connectivity index (χ0) is 13.5. The summed E-state index contributed by atoms with van der Waals surface area (Å²) >= 11 is 0. The van der Waals surface area contributed by atoms with E-state index in [2.05, 4.69) is 5.32 Å². The van der Waals surface area contributed by atoms with Gasteiger partial charge in [0.25, 0.3) is 5.91 Å². The lowest BCUT2D eigenvalue weighted by Gasteiger charge is -2.08. The van der Waals surface area contributed by atoms with Crippen molar-refractivity contribution in [1.29, 1.82) is 0 Å². The van der Waals surface area contributed by atoms with Crippen molar-refractivity contribution < 1.29 is 9.53 Å². The second-order valence-corrected chi connectivity index (χ2v) is 3.99. The van der Waals surface area contributed by atoms with Crippen molar-refractivity contribution in [2.24, 2.45) is 5.73 Å². The summed E-state index contributed by atoms with van der Waals surface area (Å²) < 4.78 is 5.39. The Morgan fingerprint density at radius 2 is 1.89 bits per heavy atom. The molecule has 0 aliphatic carbocycles. The van der Waals surface area contributed by atoms with Crippen LogP contribution in [0.2, 0.25) is 0 Å². The smallest absolute Gasteiger partial charge is 0.255 e. The molecule has 4 nitrogen and oxygen atoms in total. The summed E-state index contributed by atoms with van der Waals surface area (Å²) in [6.07, 6.45) is 0. The Kier molecular flexibility index (Phi) is 4.53. The molecule has 2 aromatic carbocycles. The van der Waals surface area contributed by atoms with Crippen LogP contribution in [0.15, 0.2) is 54.6 Å². The molecule has 0 aliphatic heterocycles. The molecule has 2 rings (SSSR count). The maximum Gasteiger partial charge on any atom is 0.255 e. The van der Waals surface area contributed by atoms with E-state index in [0.29, 0.717) is 24.5 Å². The largest absolute Gasteiger partial charge is 0.492 e. The Morgan fingerprint density at radius 1 is 1.11 bits per heavy atom. The molecule has 0 atom stereocenters. The third-order valence-electron chi connectivity index (χ3n) is 2.51. The van der Waals surface area contributed by atoms with Crippen LogP contribution in [0.5, 0.6) is 5.75 Å². The van der Waals surface area contributed by atoms with Crippen LogP contribution < -0.4 is 15.8 Å². The molecule has 0 saturated heterocycles. The molecular weight excluding hydrogens is 240 g/mol. The van der Waals surface area contributed by atoms with Crippen molar-refractivity contribution in [1.82, 2.24) is 0 Å². The molecule has 0 fully saturated rings. The summed E-state index contributed by atoms with van der Waals surface area (Å²) in [6, 6.07) is 16.4. The first-order valence-electron chi connectivity index (χ1n) is 6.09. The highest BCUT2D eigenvalue weighted by atomic mass is 16.5. The third-order valence-corrected chi connectivity index (χ3v) is 2.51. The number of hydrogen-bond acceptors (Lipinski definition) is 3. The standard InChI is InChI=1S/C15H16N2O2/c16-9-10-19-14-8-4-5-12(11-14)15(18)17-13-6-2-1-3-7-13/h1-8,11H,9-10,16H2,(H,17,18). The van der Waals surface area contributed by atoms with E-state index in [0.717, 1.165) is 5.69 Å². The minimum atomic E-state index is -0.163. The molecular formula is C15H16N2O2. The average Bonchev–Trinajstić information content (AvgIpc) is 2.46. The lowest BCUT2D eigenvalue weighted by molar-refractivity contribution is 0.102. The summed E-state index contributed by atoms with van der Waals surface area (Å²) in [7, 11) is 0. The number of carbonyl (C=O) groups excluding carboxylic acids is 1. The van der Waals surface area contributed by atoms with Gasteiger partial charge in [-0.2, -0.15) is 0 Å². The van der Waals surface area contributed by atoms with Crippen molar-refractivity contribution in [3.8, 4) is 5.75 Å². The van der Waals surface area contributed by atoms with E-state index in [9.17, 15) is 4.79 Å². The van der Waals surface area contributed by atoms with Gasteiger partial charge in [0, 0.05) is 17.8 Å². The number of rotatable bonds is 5. The molecule has 3 N–H and O–H groups in total. The number of carbonyl (C=O) groups is 1. The van der Waals surface area contributed by atoms with Crippen LogP contribution in [0.3, 0.4) is 0 Å². The minimum absolute atomic E-state index is 0.163. The van der Waals surface area contributed by atoms with E-state index in [-0.39, 0.29) is 5.91 Å². The number of ether oxygens (including phenoxy) is 1. The quantitative estimate of drug-likeness (QED) is 0.862. The molecule has 98 valence electrons. The summed E-state index contributed by atoms with van der Waals surface area (Å²) in [5.74, 6) is 0.482. The van der Waals surface area contributed by atoms with Crippen LogP contribution in [0.4, 0.5) is 5.69 Å². The maximum atomic E-state index is 12.0. The third kappa shape index (κ3) is 3.82. The molecule has 0 bridgehead atoms. The van der Waals surface area contributed by atoms with Crippen molar-refractivity contribution in [3.63, 3.8) is 0 Å². The van der Waals surface area contributed by atoms with Crippen LogP contribution in [0.25, 0.3) is 0 Å². The molecule has 0 heterocycles. The molecule has 0 radical (unpaired) electrons. The Labute approximate surface area is 112 Å². The number of para-hydroxylation sites is 1. The fraction of sp³-hybridized carbons (Fsp3) is 0.133. The van der Waals surface area contributed by atoms with Gasteiger partial charge >= 0.3 is 0 Å². The molecule has 4 heteroatoms. The van der Waals surface area contributed by atoms with Gasteiger partial charge in [-0.25, -0.2) is 0 Å². The first kappa shape index (κ1) is 13.1. The van der Waals surface area contributed by atoms with Gasteiger partial charge in [-0.1, -0.05) is 24.3 Å². The van der Waals surface area contributed by atoms with Gasteiger partial charge < -0.3 is 15.8 Å². The number of benzene rings is 2. The molecule has 1 amide bonds. The average molecular weight is 256 g/mol. The Hall–Kier alpha value is -2.33. The monoisotopic (exact) mass is 256 g/mol. The van der Waals surface area contributed by atoms with Crippen LogP contribution in [0.1, 0.15) is 10.4 Å². The normalized spacial score (nSPS) is 9.95. The van der Waals surface area contributed by atoms with Crippen LogP contribution >= 0.6 is 0 Å². The van der Waals surface area contributed by atoms with Crippen molar-refractivity contribution in [2.75, 3.05) is 18.5 Å². The predicted octanol–water partition coefficient (Wildman–Crippen LogP) is 2.28. The second-order valence-electron chi connectivity index (χ2n) is 3.99. The van der Waals surface area contributed by atoms with Crippen LogP contribution in [-0.4, -0.2) is 19.1 Å². The van der Waals surface area contributed by atoms with Crippen LogP contribution in [0, 0.1) is 0 Å². The highest BCUT2D eigenvalue weighted by Gasteiger charge is 2.06. The van der Waals surface area contributed by atoms with Crippen molar-refractivity contribution in [3.05, 3.63) is 60.2 Å². The maximum absolute atomic E-state index is 12.0. The molecule has 0 aliphatic rings. The van der Waals surface area contributed by atoms with Crippen molar-refractivity contribution in [2.45, 2.75) is 0 Å². The summed E-state index contributed by atoms with van der Waals surface area (Å²) in [4.78, 5) is 12.0. The van der Waals surface area contributed by atoms with Gasteiger partial charge in [0.15, 0.2) is 0 Å². The Morgan fingerprint density at radius 3 is 2.63 bits per heavy atom. The number of anilines is 1. The molecule has 19 heavy (non-hydrogen) atoms. The highest BCUT2D eigenvalue weighted by molar-refractivity contribution is 6.04. The number of nitrogens with two attached hydrogens (primary N) is 1. The molecule has 0 spiro atoms. The van der Waals surface area contributed by atoms with E-state index >= 15 is 0 Å². The van der Waals surface area contributed by atoms with Gasteiger partial charge in [-0.05, 0) is 30.3 Å². The Balaban J connectivity index is 2.06. The molecule has 0 saturated carbocycles. The predicted molar refractivity (Wildman–Crippen MR) is 75.4 cm³/mol. The summed E-state index contributed by atoms with van der Waals surface area (Å²) in [5, 5.41) is 2.82. The topological polar surface area (TPSA) is 64.3 Å². The Bertz CT molecular complexity index is 541. The van der Waals surface area contributed by atoms with E-state index in [1.165, 1.54) is 0 Å². The summed E-state index contributed by atoms with van der Waals surface area (Å²) in [5.41, 5.74) is 6.69. The second kappa shape index (κ2) is 6.56. The molecule has 2 aromatic rings. The van der Waals surface area contributed by atoms with E-state index < -0.39 is 0 Å². The summed E-state index contributed by atoms with van der Waals surface area (Å²) in [6.45, 7) is 0.879. The van der Waals surface area contributed by atoms with Gasteiger partial charge in [0.1, 0.15) is 12.4 Å². The fourth-order valence-electron chi connectivity index (χ4n) is 1.63. The highest BCUT2D eigenvalue weighted by Crippen LogP contribution is 2.15. The van der Waals surface area contributed by atoms with Gasteiger partial charge in [-0.15, -0.1) is 0 Å². The van der Waals surface area contributed by atoms with Crippen molar-refractivity contribution >= 4 is 11.6 Å². The first-order chi connectivity index (χ1) is 9.29. The minimum Gasteiger partial charge on any atom is -0.492 e. The number of amides is 1. The van der Waals surface area contributed by atoms with E-state index in [1.54, 1.807) is 24.3 Å². The van der Waals surface area contributed by atoms with Gasteiger partial charge in [0.05, 0.1) is 0 Å². The van der Waals surface area contributed by atoms with Crippen LogP contribution in [-0.2, 0) is 0 Å². The first-order valence-corrected chi connectivity index (χ1v) is 6.09. The molecule has 0 aromatic heterocycles. The number of nitrogens with one attached hydrogen (secondary N) is 1. The van der Waals surface area contributed by atoms with Gasteiger partial charge in [-0.3, -0.25) is 4.79 Å². The van der Waals surface area contributed by atoms with E-state index in [1.807, 2.05) is 30.3 Å². The zero-order valence-electron chi connectivity index (χ0n) is 10.5. The number of hydrogen-bond donors (Lipinski definition) is 2. The SMILES string of the molecule is NCCOc1cccc(C(=O)Nc2ccccc2)c1. The fourth-order valence-corrected chi connectivity index (χ4v) is 1.63. The van der Waals surface area contributed by atoms with Gasteiger partial charge in [0.2, 0.25) is 0 Å². The lowest BCUT2D eigenvalue weighted by atomic mass is 10.2. The zero-order valence-corrected chi connectivity index (χ0v) is 10.5. The lowest BCUT2D eigenvalue weighted by Crippen LogP contribution is -2.13. The van der Waals surface area contributed by atoms with E-state index in [4.69, 9.17) is 10.5 Å². The molecule has 0 unspecified atom stereocenters.